The molecule has 0 radical (unpaired) electrons. The van der Waals surface area contributed by atoms with Crippen molar-refractivity contribution in [3.05, 3.63) is 138 Å². The van der Waals surface area contributed by atoms with E-state index >= 15 is 0 Å². The van der Waals surface area contributed by atoms with Crippen LogP contribution >= 0.6 is 0 Å². The average Bonchev–Trinajstić information content (AvgIpc) is 3.58. The summed E-state index contributed by atoms with van der Waals surface area (Å²) in [7, 11) is -6.42. The Labute approximate surface area is 333 Å². The SMILES string of the molecule is CC(C)[Si](O[C@H]1[C@@H](OCCc2cn(S(=O)(=O)c3ccccc3)c3ccccc23)O[C@@H](CO)[C@H](OCc2ccccc2)[C@H]1OCc1ccccc1)(C(C)C)C(C)C. The lowest BCUT2D eigenvalue weighted by Crippen LogP contribution is -2.65. The summed E-state index contributed by atoms with van der Waals surface area (Å²) in [5, 5.41) is 11.7. The fourth-order valence-corrected chi connectivity index (χ4v) is 15.4. The summed E-state index contributed by atoms with van der Waals surface area (Å²) in [5.41, 5.74) is 4.18. The molecule has 1 fully saturated rings. The molecule has 5 atom stereocenters. The lowest BCUT2D eigenvalue weighted by molar-refractivity contribution is -0.313. The molecule has 1 aliphatic heterocycles. The van der Waals surface area contributed by atoms with Crippen molar-refractivity contribution in [2.75, 3.05) is 13.2 Å². The van der Waals surface area contributed by atoms with Crippen molar-refractivity contribution in [1.29, 1.82) is 0 Å². The zero-order valence-corrected chi connectivity index (χ0v) is 35.2. The second-order valence-corrected chi connectivity index (χ2v) is 22.8. The van der Waals surface area contributed by atoms with Gasteiger partial charge in [-0.25, -0.2) is 12.4 Å². The Morgan fingerprint density at radius 1 is 0.679 bits per heavy atom. The molecule has 0 bridgehead atoms. The van der Waals surface area contributed by atoms with Crippen LogP contribution in [0.2, 0.25) is 16.6 Å². The number of aliphatic hydroxyl groups is 1. The van der Waals surface area contributed by atoms with Gasteiger partial charge in [0.25, 0.3) is 10.0 Å². The molecule has 6 rings (SSSR count). The van der Waals surface area contributed by atoms with Crippen LogP contribution in [0.15, 0.2) is 126 Å². The molecule has 0 unspecified atom stereocenters. The predicted molar refractivity (Wildman–Crippen MR) is 222 cm³/mol. The third kappa shape index (κ3) is 9.06. The maximum Gasteiger partial charge on any atom is 0.268 e. The predicted octanol–water partition coefficient (Wildman–Crippen LogP) is 8.89. The molecule has 0 saturated carbocycles. The van der Waals surface area contributed by atoms with Gasteiger partial charge in [-0.3, -0.25) is 0 Å². The molecule has 1 aromatic heterocycles. The monoisotopic (exact) mass is 799 g/mol. The second kappa shape index (κ2) is 18.7. The Hall–Kier alpha value is -3.65. The number of rotatable bonds is 18. The van der Waals surface area contributed by atoms with Crippen LogP contribution in [0.5, 0.6) is 0 Å². The summed E-state index contributed by atoms with van der Waals surface area (Å²) < 4.78 is 63.4. The summed E-state index contributed by atoms with van der Waals surface area (Å²) in [4.78, 5) is 0.216. The van der Waals surface area contributed by atoms with Crippen LogP contribution in [0.3, 0.4) is 0 Å². The Morgan fingerprint density at radius 3 is 1.75 bits per heavy atom. The molecule has 1 saturated heterocycles. The molecule has 0 spiro atoms. The molecule has 0 amide bonds. The normalized spacial score (nSPS) is 20.7. The number of ether oxygens (including phenoxy) is 4. The van der Waals surface area contributed by atoms with Crippen molar-refractivity contribution in [2.24, 2.45) is 0 Å². The van der Waals surface area contributed by atoms with E-state index in [1.54, 1.807) is 36.5 Å². The lowest BCUT2D eigenvalue weighted by atomic mass is 9.98. The van der Waals surface area contributed by atoms with E-state index < -0.39 is 49.0 Å². The first-order chi connectivity index (χ1) is 27.0. The summed E-state index contributed by atoms with van der Waals surface area (Å²) in [6.07, 6.45) is -1.61. The highest BCUT2D eigenvalue weighted by molar-refractivity contribution is 7.90. The third-order valence-corrected chi connectivity index (χ3v) is 18.9. The Morgan fingerprint density at radius 2 is 1.20 bits per heavy atom. The van der Waals surface area contributed by atoms with Gasteiger partial charge < -0.3 is 28.5 Å². The minimum absolute atomic E-state index is 0.197. The molecule has 300 valence electrons. The zero-order valence-electron chi connectivity index (χ0n) is 33.4. The highest BCUT2D eigenvalue weighted by atomic mass is 32.2. The van der Waals surface area contributed by atoms with E-state index in [2.05, 4.69) is 41.5 Å². The third-order valence-electron chi connectivity index (χ3n) is 11.1. The number of nitrogens with zero attached hydrogens (tertiary/aromatic N) is 1. The first-order valence-electron chi connectivity index (χ1n) is 19.7. The number of para-hydroxylation sites is 1. The fraction of sp³-hybridized carbons (Fsp3) is 0.422. The largest absolute Gasteiger partial charge is 0.405 e. The fourth-order valence-electron chi connectivity index (χ4n) is 8.46. The maximum absolute atomic E-state index is 13.8. The number of benzene rings is 4. The highest BCUT2D eigenvalue weighted by Gasteiger charge is 2.55. The summed E-state index contributed by atoms with van der Waals surface area (Å²) >= 11 is 0. The molecular weight excluding hydrogens is 743 g/mol. The van der Waals surface area contributed by atoms with Gasteiger partial charge in [-0.2, -0.15) is 0 Å². The van der Waals surface area contributed by atoms with Crippen LogP contribution in [-0.4, -0.2) is 69.7 Å². The molecule has 9 nitrogen and oxygen atoms in total. The number of hydrogen-bond donors (Lipinski definition) is 1. The molecular formula is C45H57NO8SSi. The molecule has 1 aliphatic rings. The van der Waals surface area contributed by atoms with Gasteiger partial charge in [0.05, 0.1) is 36.8 Å². The lowest BCUT2D eigenvalue weighted by Gasteiger charge is -2.51. The van der Waals surface area contributed by atoms with Crippen LogP contribution in [0, 0.1) is 0 Å². The van der Waals surface area contributed by atoms with E-state index in [-0.39, 0.29) is 34.7 Å². The smallest absolute Gasteiger partial charge is 0.268 e. The molecule has 1 N–H and O–H groups in total. The minimum atomic E-state index is -3.85. The number of fused-ring (bicyclic) bond motifs is 1. The van der Waals surface area contributed by atoms with Crippen molar-refractivity contribution >= 4 is 29.2 Å². The van der Waals surface area contributed by atoms with Gasteiger partial charge in [0.1, 0.15) is 24.4 Å². The van der Waals surface area contributed by atoms with Gasteiger partial charge in [0, 0.05) is 11.6 Å². The molecule has 4 aromatic carbocycles. The topological polar surface area (TPSA) is 105 Å². The summed E-state index contributed by atoms with van der Waals surface area (Å²) in [6.45, 7) is 13.9. The van der Waals surface area contributed by atoms with E-state index in [0.717, 1.165) is 22.1 Å². The zero-order chi connectivity index (χ0) is 39.9. The van der Waals surface area contributed by atoms with Crippen LogP contribution in [0.4, 0.5) is 0 Å². The van der Waals surface area contributed by atoms with Crippen molar-refractivity contribution < 1.29 is 36.9 Å². The average molecular weight is 800 g/mol. The highest BCUT2D eigenvalue weighted by Crippen LogP contribution is 2.45. The van der Waals surface area contributed by atoms with Crippen LogP contribution in [0.1, 0.15) is 58.2 Å². The number of hydrogen-bond acceptors (Lipinski definition) is 8. The van der Waals surface area contributed by atoms with Gasteiger partial charge in [-0.15, -0.1) is 0 Å². The van der Waals surface area contributed by atoms with Crippen molar-refractivity contribution in [3.63, 3.8) is 0 Å². The van der Waals surface area contributed by atoms with E-state index in [1.807, 2.05) is 84.9 Å². The minimum Gasteiger partial charge on any atom is -0.405 e. The Balaban J connectivity index is 1.35. The van der Waals surface area contributed by atoms with Gasteiger partial charge in [-0.1, -0.05) is 139 Å². The second-order valence-electron chi connectivity index (χ2n) is 15.6. The Bertz CT molecular complexity index is 2050. The van der Waals surface area contributed by atoms with Crippen LogP contribution in [-0.2, 0) is 53.0 Å². The standard InChI is InChI=1S/C45H57NO8SSi/c1-32(2)56(33(3)4,34(5)6)54-44-43(52-31-36-20-12-8-13-21-36)42(51-30-35-18-10-7-11-19-35)41(29-47)53-45(44)50-27-26-37-28-46(40-25-17-16-24-39(37)40)55(48,49)38-22-14-9-15-23-38/h7-25,28,32-34,41-45,47H,26-27,29-31H2,1-6H3/t41-,42-,43+,44+,45-/m0/s1. The molecule has 56 heavy (non-hydrogen) atoms. The molecule has 5 aromatic rings. The van der Waals surface area contributed by atoms with Crippen LogP contribution < -0.4 is 0 Å². The van der Waals surface area contributed by atoms with E-state index in [4.69, 9.17) is 23.4 Å². The quantitative estimate of drug-likeness (QED) is 0.0877. The summed E-state index contributed by atoms with van der Waals surface area (Å²) in [6, 6.07) is 35.9. The van der Waals surface area contributed by atoms with E-state index in [0.29, 0.717) is 25.2 Å². The van der Waals surface area contributed by atoms with Gasteiger partial charge in [0.2, 0.25) is 8.32 Å². The number of aliphatic hydroxyl groups excluding tert-OH is 1. The van der Waals surface area contributed by atoms with E-state index in [9.17, 15) is 13.5 Å². The van der Waals surface area contributed by atoms with Crippen LogP contribution in [0.25, 0.3) is 10.9 Å². The first kappa shape index (κ1) is 42.0. The van der Waals surface area contributed by atoms with Crippen molar-refractivity contribution in [1.82, 2.24) is 3.97 Å². The maximum atomic E-state index is 13.8. The van der Waals surface area contributed by atoms with Gasteiger partial charge >= 0.3 is 0 Å². The molecule has 11 heteroatoms. The Kier molecular flexibility index (Phi) is 14.0. The van der Waals surface area contributed by atoms with Crippen molar-refractivity contribution in [2.45, 2.75) is 113 Å². The van der Waals surface area contributed by atoms with Gasteiger partial charge in [0.15, 0.2) is 6.29 Å². The van der Waals surface area contributed by atoms with E-state index in [1.165, 1.54) is 3.97 Å². The molecule has 2 heterocycles. The molecule has 0 aliphatic carbocycles. The van der Waals surface area contributed by atoms with Crippen molar-refractivity contribution in [3.8, 4) is 0 Å². The first-order valence-corrected chi connectivity index (χ1v) is 23.3. The van der Waals surface area contributed by atoms with Gasteiger partial charge in [-0.05, 0) is 57.9 Å². The number of aromatic nitrogens is 1. The summed E-state index contributed by atoms with van der Waals surface area (Å²) in [5.74, 6) is 0.